The third-order valence-electron chi connectivity index (χ3n) is 5.36. The van der Waals surface area contributed by atoms with Crippen LogP contribution in [0.4, 0.5) is 0 Å². The largest absolute Gasteiger partial charge is 0.481 e. The van der Waals surface area contributed by atoms with E-state index in [0.29, 0.717) is 30.5 Å². The van der Waals surface area contributed by atoms with Gasteiger partial charge in [-0.1, -0.05) is 29.8 Å². The fourth-order valence-electron chi connectivity index (χ4n) is 4.39. The number of carboxylic acid groups (broad SMARTS) is 1. The van der Waals surface area contributed by atoms with E-state index in [-0.39, 0.29) is 0 Å². The zero-order chi connectivity index (χ0) is 15.0. The summed E-state index contributed by atoms with van der Waals surface area (Å²) in [4.78, 5) is 13.6. The van der Waals surface area contributed by atoms with Crippen LogP contribution in [0.2, 0.25) is 0 Å². The van der Waals surface area contributed by atoms with Gasteiger partial charge in [0.15, 0.2) is 0 Å². The van der Waals surface area contributed by atoms with Crippen LogP contribution in [0.3, 0.4) is 0 Å². The molecule has 3 atom stereocenters. The second-order valence-electron chi connectivity index (χ2n) is 6.85. The SMILES string of the molecule is Cc1ccc(C(C)N2C3CCC2CC(CC(=O)O)C3)cc1. The van der Waals surface area contributed by atoms with Gasteiger partial charge >= 0.3 is 5.97 Å². The summed E-state index contributed by atoms with van der Waals surface area (Å²) in [5, 5.41) is 9.02. The predicted molar refractivity (Wildman–Crippen MR) is 83.2 cm³/mol. The van der Waals surface area contributed by atoms with Crippen molar-refractivity contribution in [1.29, 1.82) is 0 Å². The molecule has 1 aromatic rings. The number of piperidine rings is 1. The molecule has 2 saturated heterocycles. The van der Waals surface area contributed by atoms with Crippen molar-refractivity contribution in [3.05, 3.63) is 35.4 Å². The van der Waals surface area contributed by atoms with Crippen LogP contribution in [0.15, 0.2) is 24.3 Å². The predicted octanol–water partition coefficient (Wildman–Crippen LogP) is 3.77. The molecule has 2 bridgehead atoms. The highest BCUT2D eigenvalue weighted by Crippen LogP contribution is 2.44. The number of nitrogens with zero attached hydrogens (tertiary/aromatic N) is 1. The average Bonchev–Trinajstić information content (AvgIpc) is 2.70. The Morgan fingerprint density at radius 1 is 1.24 bits per heavy atom. The summed E-state index contributed by atoms with van der Waals surface area (Å²) in [5.41, 5.74) is 2.68. The molecule has 3 rings (SSSR count). The number of aryl methyl sites for hydroxylation is 1. The molecule has 2 heterocycles. The van der Waals surface area contributed by atoms with Crippen LogP contribution in [0.25, 0.3) is 0 Å². The van der Waals surface area contributed by atoms with Gasteiger partial charge in [-0.15, -0.1) is 0 Å². The first-order chi connectivity index (χ1) is 10.0. The Morgan fingerprint density at radius 3 is 2.33 bits per heavy atom. The molecule has 2 aliphatic rings. The van der Waals surface area contributed by atoms with Gasteiger partial charge in [-0.05, 0) is 51.0 Å². The summed E-state index contributed by atoms with van der Waals surface area (Å²) in [6.07, 6.45) is 4.92. The van der Waals surface area contributed by atoms with Gasteiger partial charge in [0.05, 0.1) is 0 Å². The first-order valence-electron chi connectivity index (χ1n) is 8.10. The van der Waals surface area contributed by atoms with Crippen molar-refractivity contribution >= 4 is 5.97 Å². The van der Waals surface area contributed by atoms with E-state index in [9.17, 15) is 4.79 Å². The maximum absolute atomic E-state index is 11.0. The number of hydrogen-bond acceptors (Lipinski definition) is 2. The lowest BCUT2D eigenvalue weighted by Crippen LogP contribution is -2.44. The Labute approximate surface area is 127 Å². The lowest BCUT2D eigenvalue weighted by molar-refractivity contribution is -0.138. The minimum atomic E-state index is -0.639. The Bertz CT molecular complexity index is 496. The quantitative estimate of drug-likeness (QED) is 0.916. The van der Waals surface area contributed by atoms with Crippen LogP contribution in [0.1, 0.15) is 56.2 Å². The van der Waals surface area contributed by atoms with Crippen molar-refractivity contribution in [2.24, 2.45) is 5.92 Å². The summed E-state index contributed by atoms with van der Waals surface area (Å²) >= 11 is 0. The zero-order valence-corrected chi connectivity index (χ0v) is 13.0. The van der Waals surface area contributed by atoms with Crippen molar-refractivity contribution in [2.45, 2.75) is 64.1 Å². The summed E-state index contributed by atoms with van der Waals surface area (Å²) in [5.74, 6) is -0.263. The highest BCUT2D eigenvalue weighted by Gasteiger charge is 2.43. The number of aliphatic carboxylic acids is 1. The van der Waals surface area contributed by atoms with E-state index in [0.717, 1.165) is 12.8 Å². The molecule has 3 nitrogen and oxygen atoms in total. The molecule has 2 fully saturated rings. The van der Waals surface area contributed by atoms with Gasteiger partial charge < -0.3 is 5.11 Å². The number of hydrogen-bond donors (Lipinski definition) is 1. The fraction of sp³-hybridized carbons (Fsp3) is 0.611. The fourth-order valence-corrected chi connectivity index (χ4v) is 4.39. The van der Waals surface area contributed by atoms with Gasteiger partial charge in [0.25, 0.3) is 0 Å². The van der Waals surface area contributed by atoms with Crippen LogP contribution in [0, 0.1) is 12.8 Å². The second-order valence-corrected chi connectivity index (χ2v) is 6.85. The normalized spacial score (nSPS) is 30.3. The van der Waals surface area contributed by atoms with Crippen molar-refractivity contribution in [1.82, 2.24) is 4.90 Å². The Kier molecular flexibility index (Phi) is 4.03. The van der Waals surface area contributed by atoms with E-state index in [2.05, 4.69) is 43.0 Å². The van der Waals surface area contributed by atoms with Gasteiger partial charge in [-0.3, -0.25) is 9.69 Å². The highest BCUT2D eigenvalue weighted by molar-refractivity contribution is 5.67. The summed E-state index contributed by atoms with van der Waals surface area (Å²) in [6.45, 7) is 4.42. The van der Waals surface area contributed by atoms with E-state index in [1.54, 1.807) is 0 Å². The maximum Gasteiger partial charge on any atom is 0.303 e. The second kappa shape index (κ2) is 5.80. The molecular weight excluding hydrogens is 262 g/mol. The smallest absolute Gasteiger partial charge is 0.303 e. The monoisotopic (exact) mass is 287 g/mol. The molecular formula is C18H25NO2. The van der Waals surface area contributed by atoms with Gasteiger partial charge in [0, 0.05) is 24.5 Å². The minimum Gasteiger partial charge on any atom is -0.481 e. The average molecular weight is 287 g/mol. The van der Waals surface area contributed by atoms with Crippen molar-refractivity contribution < 1.29 is 9.90 Å². The molecule has 21 heavy (non-hydrogen) atoms. The third kappa shape index (κ3) is 2.98. The van der Waals surface area contributed by atoms with Gasteiger partial charge in [-0.2, -0.15) is 0 Å². The number of benzene rings is 1. The highest BCUT2D eigenvalue weighted by atomic mass is 16.4. The van der Waals surface area contributed by atoms with E-state index >= 15 is 0 Å². The van der Waals surface area contributed by atoms with Crippen LogP contribution < -0.4 is 0 Å². The third-order valence-corrected chi connectivity index (χ3v) is 5.36. The molecule has 114 valence electrons. The number of carboxylic acids is 1. The van der Waals surface area contributed by atoms with E-state index < -0.39 is 5.97 Å². The van der Waals surface area contributed by atoms with Crippen molar-refractivity contribution in [3.63, 3.8) is 0 Å². The molecule has 0 saturated carbocycles. The van der Waals surface area contributed by atoms with E-state index in [1.165, 1.54) is 24.0 Å². The van der Waals surface area contributed by atoms with Crippen LogP contribution in [-0.4, -0.2) is 28.1 Å². The molecule has 2 aliphatic heterocycles. The zero-order valence-electron chi connectivity index (χ0n) is 13.0. The molecule has 1 N–H and O–H groups in total. The first kappa shape index (κ1) is 14.6. The Hall–Kier alpha value is -1.35. The molecule has 0 aliphatic carbocycles. The minimum absolute atomic E-state index is 0.347. The van der Waals surface area contributed by atoms with Gasteiger partial charge in [0.1, 0.15) is 0 Å². The van der Waals surface area contributed by atoms with Crippen molar-refractivity contribution in [2.75, 3.05) is 0 Å². The summed E-state index contributed by atoms with van der Waals surface area (Å²) < 4.78 is 0. The molecule has 1 aromatic carbocycles. The topological polar surface area (TPSA) is 40.5 Å². The lowest BCUT2D eigenvalue weighted by Gasteiger charge is -2.42. The molecule has 3 heteroatoms. The lowest BCUT2D eigenvalue weighted by atomic mass is 9.86. The molecule has 0 aromatic heterocycles. The molecule has 0 amide bonds. The summed E-state index contributed by atoms with van der Waals surface area (Å²) in [6, 6.07) is 10.4. The van der Waals surface area contributed by atoms with E-state index in [1.807, 2.05) is 0 Å². The van der Waals surface area contributed by atoms with Gasteiger partial charge in [-0.25, -0.2) is 0 Å². The van der Waals surface area contributed by atoms with Crippen molar-refractivity contribution in [3.8, 4) is 0 Å². The number of carbonyl (C=O) groups is 1. The number of rotatable bonds is 4. The molecule has 0 spiro atoms. The molecule has 3 unspecified atom stereocenters. The van der Waals surface area contributed by atoms with E-state index in [4.69, 9.17) is 5.11 Å². The molecule has 0 radical (unpaired) electrons. The Morgan fingerprint density at radius 2 is 1.81 bits per heavy atom. The number of fused-ring (bicyclic) bond motifs is 2. The van der Waals surface area contributed by atoms with Gasteiger partial charge in [0.2, 0.25) is 0 Å². The maximum atomic E-state index is 11.0. The summed E-state index contributed by atoms with van der Waals surface area (Å²) in [7, 11) is 0. The van der Waals surface area contributed by atoms with Crippen LogP contribution in [-0.2, 0) is 4.79 Å². The van der Waals surface area contributed by atoms with Crippen LogP contribution >= 0.6 is 0 Å². The first-order valence-corrected chi connectivity index (χ1v) is 8.10. The Balaban J connectivity index is 1.72. The van der Waals surface area contributed by atoms with Crippen LogP contribution in [0.5, 0.6) is 0 Å². The standard InChI is InChI=1S/C18H25NO2/c1-12-3-5-15(6-4-12)13(2)19-16-7-8-17(19)10-14(9-16)11-18(20)21/h3-6,13-14,16-17H,7-11H2,1-2H3,(H,20,21).